The van der Waals surface area contributed by atoms with E-state index in [-0.39, 0.29) is 0 Å². The highest BCUT2D eigenvalue weighted by atomic mass is 16.5. The van der Waals surface area contributed by atoms with Gasteiger partial charge in [0.25, 0.3) is 0 Å². The normalized spacial score (nSPS) is 27.8. The molecule has 1 aliphatic rings. The Bertz CT molecular complexity index is 211. The molecule has 2 unspecified atom stereocenters. The van der Waals surface area contributed by atoms with Crippen molar-refractivity contribution >= 4 is 0 Å². The highest BCUT2D eigenvalue weighted by Crippen LogP contribution is 2.19. The average molecular weight is 270 g/mol. The minimum Gasteiger partial charge on any atom is -0.383 e. The smallest absolute Gasteiger partial charge is 0.0589 e. The Hall–Kier alpha value is -0.120. The molecule has 1 saturated carbocycles. The second kappa shape index (κ2) is 10.6. The SMILES string of the molecule is COCCN(C)C1CCCCCCCCCCC1N. The topological polar surface area (TPSA) is 38.5 Å². The summed E-state index contributed by atoms with van der Waals surface area (Å²) in [5.74, 6) is 0. The van der Waals surface area contributed by atoms with Gasteiger partial charge in [-0.25, -0.2) is 0 Å². The molecule has 0 spiro atoms. The van der Waals surface area contributed by atoms with Crippen LogP contribution in [0.3, 0.4) is 0 Å². The lowest BCUT2D eigenvalue weighted by Crippen LogP contribution is -2.47. The maximum atomic E-state index is 6.45. The minimum atomic E-state index is 0.335. The third kappa shape index (κ3) is 7.28. The summed E-state index contributed by atoms with van der Waals surface area (Å²) < 4.78 is 5.19. The van der Waals surface area contributed by atoms with Crippen LogP contribution in [0, 0.1) is 0 Å². The van der Waals surface area contributed by atoms with Gasteiger partial charge in [-0.2, -0.15) is 0 Å². The first-order chi connectivity index (χ1) is 9.25. The third-order valence-electron chi connectivity index (χ3n) is 4.50. The number of methoxy groups -OCH3 is 1. The van der Waals surface area contributed by atoms with Gasteiger partial charge in [-0.3, -0.25) is 4.90 Å². The van der Waals surface area contributed by atoms with Gasteiger partial charge >= 0.3 is 0 Å². The Morgan fingerprint density at radius 3 is 2.05 bits per heavy atom. The molecule has 1 rings (SSSR count). The van der Waals surface area contributed by atoms with Crippen molar-refractivity contribution in [2.75, 3.05) is 27.3 Å². The van der Waals surface area contributed by atoms with Crippen molar-refractivity contribution in [2.24, 2.45) is 5.73 Å². The Labute approximate surface area is 119 Å². The third-order valence-corrected chi connectivity index (χ3v) is 4.50. The van der Waals surface area contributed by atoms with Crippen molar-refractivity contribution in [3.63, 3.8) is 0 Å². The van der Waals surface area contributed by atoms with Crippen LogP contribution in [-0.2, 0) is 4.74 Å². The van der Waals surface area contributed by atoms with Crippen LogP contribution in [0.1, 0.15) is 64.2 Å². The molecule has 19 heavy (non-hydrogen) atoms. The van der Waals surface area contributed by atoms with Gasteiger partial charge in [0, 0.05) is 25.7 Å². The van der Waals surface area contributed by atoms with Crippen LogP contribution in [0.4, 0.5) is 0 Å². The molecular weight excluding hydrogens is 236 g/mol. The van der Waals surface area contributed by atoms with Crippen molar-refractivity contribution in [3.8, 4) is 0 Å². The molecule has 0 heterocycles. The first-order valence-corrected chi connectivity index (χ1v) is 8.20. The van der Waals surface area contributed by atoms with Gasteiger partial charge in [0.2, 0.25) is 0 Å². The van der Waals surface area contributed by atoms with E-state index in [4.69, 9.17) is 10.5 Å². The molecule has 1 aliphatic carbocycles. The molecule has 0 aliphatic heterocycles. The largest absolute Gasteiger partial charge is 0.383 e. The van der Waals surface area contributed by atoms with Crippen LogP contribution < -0.4 is 5.73 Å². The number of likely N-dealkylation sites (N-methyl/N-ethyl adjacent to an activating group) is 1. The highest BCUT2D eigenvalue weighted by Gasteiger charge is 2.21. The Morgan fingerprint density at radius 2 is 1.47 bits per heavy atom. The second-order valence-corrected chi connectivity index (χ2v) is 6.11. The lowest BCUT2D eigenvalue weighted by Gasteiger charge is -2.33. The molecule has 2 atom stereocenters. The van der Waals surface area contributed by atoms with E-state index in [2.05, 4.69) is 11.9 Å². The zero-order valence-corrected chi connectivity index (χ0v) is 13.1. The number of rotatable bonds is 4. The van der Waals surface area contributed by atoms with E-state index in [1.54, 1.807) is 7.11 Å². The van der Waals surface area contributed by atoms with Crippen LogP contribution in [-0.4, -0.2) is 44.3 Å². The zero-order chi connectivity index (χ0) is 13.9. The van der Waals surface area contributed by atoms with Gasteiger partial charge in [-0.1, -0.05) is 51.4 Å². The number of nitrogens with two attached hydrogens (primary N) is 1. The minimum absolute atomic E-state index is 0.335. The molecule has 0 radical (unpaired) electrons. The fourth-order valence-electron chi connectivity index (χ4n) is 3.15. The fraction of sp³-hybridized carbons (Fsp3) is 1.00. The molecule has 0 aromatic heterocycles. The molecule has 114 valence electrons. The van der Waals surface area contributed by atoms with Gasteiger partial charge in [0.05, 0.1) is 6.61 Å². The van der Waals surface area contributed by atoms with E-state index >= 15 is 0 Å². The Morgan fingerprint density at radius 1 is 0.947 bits per heavy atom. The number of ether oxygens (including phenoxy) is 1. The Balaban J connectivity index is 2.45. The molecule has 0 amide bonds. The molecule has 0 saturated heterocycles. The van der Waals surface area contributed by atoms with E-state index in [0.29, 0.717) is 12.1 Å². The van der Waals surface area contributed by atoms with E-state index in [9.17, 15) is 0 Å². The summed E-state index contributed by atoms with van der Waals surface area (Å²) in [7, 11) is 3.98. The lowest BCUT2D eigenvalue weighted by molar-refractivity contribution is 0.121. The summed E-state index contributed by atoms with van der Waals surface area (Å²) in [5.41, 5.74) is 6.45. The van der Waals surface area contributed by atoms with Crippen LogP contribution in [0.25, 0.3) is 0 Å². The highest BCUT2D eigenvalue weighted by molar-refractivity contribution is 4.81. The summed E-state index contributed by atoms with van der Waals surface area (Å²) in [6.07, 6.45) is 13.5. The van der Waals surface area contributed by atoms with Crippen LogP contribution in [0.15, 0.2) is 0 Å². The molecule has 1 fully saturated rings. The molecule has 0 bridgehead atoms. The standard InChI is InChI=1S/C16H34N2O/c1-18(13-14-19-2)16-12-10-8-6-4-3-5-7-9-11-15(16)17/h15-16H,3-14,17H2,1-2H3. The maximum Gasteiger partial charge on any atom is 0.0589 e. The van der Waals surface area contributed by atoms with E-state index in [1.807, 2.05) is 0 Å². The first-order valence-electron chi connectivity index (χ1n) is 8.20. The molecule has 2 N–H and O–H groups in total. The van der Waals surface area contributed by atoms with Crippen molar-refractivity contribution in [3.05, 3.63) is 0 Å². The van der Waals surface area contributed by atoms with Crippen LogP contribution >= 0.6 is 0 Å². The fourth-order valence-corrected chi connectivity index (χ4v) is 3.15. The summed E-state index contributed by atoms with van der Waals surface area (Å²) in [4.78, 5) is 2.42. The van der Waals surface area contributed by atoms with Crippen molar-refractivity contribution in [1.29, 1.82) is 0 Å². The number of hydrogen-bond donors (Lipinski definition) is 1. The summed E-state index contributed by atoms with van der Waals surface area (Å²) in [6, 6.07) is 0.871. The molecule has 3 nitrogen and oxygen atoms in total. The van der Waals surface area contributed by atoms with Gasteiger partial charge in [0.1, 0.15) is 0 Å². The molecule has 0 aromatic carbocycles. The zero-order valence-electron chi connectivity index (χ0n) is 13.1. The van der Waals surface area contributed by atoms with Crippen molar-refractivity contribution < 1.29 is 4.74 Å². The van der Waals surface area contributed by atoms with E-state index < -0.39 is 0 Å². The summed E-state index contributed by atoms with van der Waals surface area (Å²) in [6.45, 7) is 1.80. The second-order valence-electron chi connectivity index (χ2n) is 6.11. The summed E-state index contributed by atoms with van der Waals surface area (Å²) in [5, 5.41) is 0. The van der Waals surface area contributed by atoms with Crippen molar-refractivity contribution in [1.82, 2.24) is 4.90 Å². The number of hydrogen-bond acceptors (Lipinski definition) is 3. The van der Waals surface area contributed by atoms with Gasteiger partial charge in [0.15, 0.2) is 0 Å². The van der Waals surface area contributed by atoms with Gasteiger partial charge in [-0.05, 0) is 19.9 Å². The quantitative estimate of drug-likeness (QED) is 0.852. The predicted molar refractivity (Wildman–Crippen MR) is 82.4 cm³/mol. The van der Waals surface area contributed by atoms with E-state index in [1.165, 1.54) is 64.2 Å². The van der Waals surface area contributed by atoms with E-state index in [0.717, 1.165) is 13.2 Å². The summed E-state index contributed by atoms with van der Waals surface area (Å²) >= 11 is 0. The molecular formula is C16H34N2O. The molecule has 3 heteroatoms. The first kappa shape index (κ1) is 16.9. The lowest BCUT2D eigenvalue weighted by atomic mass is 9.94. The maximum absolute atomic E-state index is 6.45. The van der Waals surface area contributed by atoms with Gasteiger partial charge < -0.3 is 10.5 Å². The van der Waals surface area contributed by atoms with Gasteiger partial charge in [-0.15, -0.1) is 0 Å². The number of nitrogens with zero attached hydrogens (tertiary/aromatic N) is 1. The molecule has 0 aromatic rings. The van der Waals surface area contributed by atoms with Crippen LogP contribution in [0.2, 0.25) is 0 Å². The average Bonchev–Trinajstić information content (AvgIpc) is 2.40. The Kier molecular flexibility index (Phi) is 9.48. The van der Waals surface area contributed by atoms with Crippen LogP contribution in [0.5, 0.6) is 0 Å². The van der Waals surface area contributed by atoms with Crippen molar-refractivity contribution in [2.45, 2.75) is 76.3 Å². The monoisotopic (exact) mass is 270 g/mol. The predicted octanol–water partition coefficient (Wildman–Crippen LogP) is 3.18.